The zero-order valence-electron chi connectivity index (χ0n) is 20.5. The lowest BCUT2D eigenvalue weighted by Crippen LogP contribution is -2.53. The highest BCUT2D eigenvalue weighted by molar-refractivity contribution is 5.85. The van der Waals surface area contributed by atoms with Crippen LogP contribution in [0.4, 0.5) is 0 Å². The Balaban J connectivity index is 1.46. The third-order valence-corrected chi connectivity index (χ3v) is 7.51. The van der Waals surface area contributed by atoms with Crippen LogP contribution in [0.3, 0.4) is 0 Å². The zero-order valence-corrected chi connectivity index (χ0v) is 20.5. The molecule has 2 atom stereocenters. The van der Waals surface area contributed by atoms with Gasteiger partial charge in [0.15, 0.2) is 0 Å². The van der Waals surface area contributed by atoms with E-state index in [4.69, 9.17) is 4.74 Å². The van der Waals surface area contributed by atoms with Gasteiger partial charge in [0, 0.05) is 35.7 Å². The summed E-state index contributed by atoms with van der Waals surface area (Å²) in [5, 5.41) is 5.42. The first kappa shape index (κ1) is 22.5. The highest BCUT2D eigenvalue weighted by Gasteiger charge is 2.42. The summed E-state index contributed by atoms with van der Waals surface area (Å²) in [5.41, 5.74) is 5.25. The van der Waals surface area contributed by atoms with E-state index in [-0.39, 0.29) is 5.54 Å². The fourth-order valence-electron chi connectivity index (χ4n) is 5.94. The van der Waals surface area contributed by atoms with Crippen LogP contribution in [-0.4, -0.2) is 41.7 Å². The molecule has 0 aliphatic carbocycles. The van der Waals surface area contributed by atoms with E-state index in [2.05, 4.69) is 84.5 Å². The first-order chi connectivity index (χ1) is 16.1. The molecule has 4 heteroatoms. The predicted octanol–water partition coefficient (Wildman–Crippen LogP) is 6.00. The summed E-state index contributed by atoms with van der Waals surface area (Å²) in [6.45, 7) is 10.1. The van der Waals surface area contributed by atoms with Crippen LogP contribution in [0.2, 0.25) is 0 Å². The van der Waals surface area contributed by atoms with Crippen molar-refractivity contribution in [2.45, 2.75) is 77.0 Å². The molecule has 2 aliphatic rings. The normalized spacial score (nSPS) is 23.4. The van der Waals surface area contributed by atoms with Crippen molar-refractivity contribution in [1.29, 1.82) is 0 Å². The van der Waals surface area contributed by atoms with E-state index in [1.54, 1.807) is 0 Å². The quantitative estimate of drug-likeness (QED) is 0.397. The third-order valence-electron chi connectivity index (χ3n) is 7.51. The molecule has 3 heterocycles. The average molecular weight is 446 g/mol. The molecule has 4 nitrogen and oxygen atoms in total. The molecule has 0 bridgehead atoms. The van der Waals surface area contributed by atoms with Crippen LogP contribution in [0, 0.1) is 0 Å². The van der Waals surface area contributed by atoms with Gasteiger partial charge in [-0.2, -0.15) is 0 Å². The number of rotatable bonds is 9. The Morgan fingerprint density at radius 1 is 1.00 bits per heavy atom. The number of nitrogens with zero attached hydrogens (tertiary/aromatic N) is 1. The van der Waals surface area contributed by atoms with Crippen LogP contribution in [-0.2, 0) is 12.0 Å². The topological polar surface area (TPSA) is 40.3 Å². The molecule has 0 amide bonds. The van der Waals surface area contributed by atoms with Gasteiger partial charge in [-0.1, -0.05) is 63.4 Å². The van der Waals surface area contributed by atoms with E-state index in [1.165, 1.54) is 60.0 Å². The molecule has 2 aromatic carbocycles. The second-order valence-corrected chi connectivity index (χ2v) is 10.2. The largest absolute Gasteiger partial charge is 0.488 e. The molecule has 3 aromatic rings. The van der Waals surface area contributed by atoms with E-state index in [9.17, 15) is 0 Å². The summed E-state index contributed by atoms with van der Waals surface area (Å²) in [4.78, 5) is 6.30. The molecule has 1 saturated heterocycles. The summed E-state index contributed by atoms with van der Waals surface area (Å²) in [6.07, 6.45) is 7.39. The fraction of sp³-hybridized carbons (Fsp3) is 0.517. The molecule has 1 aromatic heterocycles. The van der Waals surface area contributed by atoms with Gasteiger partial charge in [0.25, 0.3) is 0 Å². The van der Waals surface area contributed by atoms with Gasteiger partial charge in [-0.15, -0.1) is 0 Å². The minimum absolute atomic E-state index is 0.186. The summed E-state index contributed by atoms with van der Waals surface area (Å²) >= 11 is 0. The number of para-hydroxylation sites is 1. The molecule has 1 fully saturated rings. The number of fused-ring (bicyclic) bond motifs is 3. The maximum Gasteiger partial charge on any atom is 0.124 e. The average Bonchev–Trinajstić information content (AvgIpc) is 3.17. The summed E-state index contributed by atoms with van der Waals surface area (Å²) in [7, 11) is 0. The van der Waals surface area contributed by atoms with Crippen molar-refractivity contribution >= 4 is 10.9 Å². The number of unbranched alkanes of at least 4 members (excludes halogenated alkanes) is 2. The van der Waals surface area contributed by atoms with Gasteiger partial charge in [-0.05, 0) is 62.1 Å². The zero-order chi connectivity index (χ0) is 22.8. The smallest absolute Gasteiger partial charge is 0.124 e. The lowest BCUT2D eigenvalue weighted by molar-refractivity contribution is 0.0202. The van der Waals surface area contributed by atoms with E-state index in [0.717, 1.165) is 31.7 Å². The van der Waals surface area contributed by atoms with Gasteiger partial charge in [-0.3, -0.25) is 10.2 Å². The molecule has 2 N–H and O–H groups in total. The maximum atomic E-state index is 6.27. The monoisotopic (exact) mass is 445 g/mol. The Hall–Kier alpha value is -2.30. The molecule has 2 unspecified atom stereocenters. The number of hydrogen-bond acceptors (Lipinski definition) is 3. The van der Waals surface area contributed by atoms with Gasteiger partial charge < -0.3 is 9.72 Å². The highest BCUT2D eigenvalue weighted by atomic mass is 16.5. The van der Waals surface area contributed by atoms with Crippen LogP contribution >= 0.6 is 0 Å². The van der Waals surface area contributed by atoms with E-state index in [0.29, 0.717) is 12.1 Å². The molecule has 0 saturated carbocycles. The molecular formula is C29H39N3O. The standard InChI is InChI=1S/C29H39N3O/c1-4-6-9-16-29(22-12-14-23(15-13-22)33-24-19-32(20-24)17-5-2)28-26(18-21(3)31-29)25-10-7-8-11-27(25)30-28/h7-8,10-15,21,24,30-31H,4-6,9,16-20H2,1-3H3. The Morgan fingerprint density at radius 3 is 2.55 bits per heavy atom. The number of hydrogen-bond donors (Lipinski definition) is 2. The van der Waals surface area contributed by atoms with E-state index >= 15 is 0 Å². The van der Waals surface area contributed by atoms with Gasteiger partial charge in [0.2, 0.25) is 0 Å². The van der Waals surface area contributed by atoms with Gasteiger partial charge in [-0.25, -0.2) is 0 Å². The maximum absolute atomic E-state index is 6.27. The number of likely N-dealkylation sites (tertiary alicyclic amines) is 1. The van der Waals surface area contributed by atoms with Crippen LogP contribution in [0.1, 0.15) is 69.7 Å². The Labute approximate surface area is 198 Å². The summed E-state index contributed by atoms with van der Waals surface area (Å²) in [6, 6.07) is 18.2. The molecule has 2 aliphatic heterocycles. The second kappa shape index (κ2) is 9.52. The van der Waals surface area contributed by atoms with Crippen molar-refractivity contribution in [2.75, 3.05) is 19.6 Å². The number of benzene rings is 2. The lowest BCUT2D eigenvalue weighted by atomic mass is 9.76. The minimum atomic E-state index is -0.186. The summed E-state index contributed by atoms with van der Waals surface area (Å²) < 4.78 is 6.27. The second-order valence-electron chi connectivity index (χ2n) is 10.2. The number of aromatic amines is 1. The summed E-state index contributed by atoms with van der Waals surface area (Å²) in [5.74, 6) is 0.990. The molecule has 176 valence electrons. The Morgan fingerprint density at radius 2 is 1.79 bits per heavy atom. The van der Waals surface area contributed by atoms with Crippen molar-refractivity contribution in [3.63, 3.8) is 0 Å². The number of ether oxygens (including phenoxy) is 1. The SMILES string of the molecule is CCCCCC1(c2ccc(OC3CN(CCC)C3)cc2)NC(C)Cc2c1[nH]c1ccccc21. The fourth-order valence-corrected chi connectivity index (χ4v) is 5.94. The van der Waals surface area contributed by atoms with Gasteiger partial charge >= 0.3 is 0 Å². The minimum Gasteiger partial charge on any atom is -0.488 e. The Kier molecular flexibility index (Phi) is 6.49. The number of nitrogens with one attached hydrogen (secondary N) is 2. The van der Waals surface area contributed by atoms with E-state index in [1.807, 2.05) is 0 Å². The van der Waals surface area contributed by atoms with Gasteiger partial charge in [0.05, 0.1) is 5.54 Å². The molecular weight excluding hydrogens is 406 g/mol. The number of aromatic nitrogens is 1. The first-order valence-corrected chi connectivity index (χ1v) is 13.0. The van der Waals surface area contributed by atoms with Crippen molar-refractivity contribution in [3.05, 3.63) is 65.4 Å². The van der Waals surface area contributed by atoms with Crippen LogP contribution in [0.15, 0.2) is 48.5 Å². The molecule has 33 heavy (non-hydrogen) atoms. The predicted molar refractivity (Wildman–Crippen MR) is 137 cm³/mol. The first-order valence-electron chi connectivity index (χ1n) is 13.0. The number of H-pyrrole nitrogens is 1. The highest BCUT2D eigenvalue weighted by Crippen LogP contribution is 2.43. The van der Waals surface area contributed by atoms with Crippen LogP contribution in [0.5, 0.6) is 5.75 Å². The van der Waals surface area contributed by atoms with Crippen molar-refractivity contribution in [1.82, 2.24) is 15.2 Å². The van der Waals surface area contributed by atoms with Crippen LogP contribution < -0.4 is 10.1 Å². The van der Waals surface area contributed by atoms with Gasteiger partial charge in [0.1, 0.15) is 11.9 Å². The Bertz CT molecular complexity index is 1070. The molecule has 0 spiro atoms. The third kappa shape index (κ3) is 4.31. The van der Waals surface area contributed by atoms with Crippen molar-refractivity contribution in [3.8, 4) is 5.75 Å². The van der Waals surface area contributed by atoms with Crippen molar-refractivity contribution < 1.29 is 4.74 Å². The van der Waals surface area contributed by atoms with Crippen molar-refractivity contribution in [2.24, 2.45) is 0 Å². The van der Waals surface area contributed by atoms with E-state index < -0.39 is 0 Å². The lowest BCUT2D eigenvalue weighted by Gasteiger charge is -2.42. The molecule has 0 radical (unpaired) electrons. The van der Waals surface area contributed by atoms with Crippen LogP contribution in [0.25, 0.3) is 10.9 Å². The molecule has 5 rings (SSSR count).